The molecule has 134 valence electrons. The number of aromatic nitrogens is 2. The Morgan fingerprint density at radius 1 is 1.04 bits per heavy atom. The number of rotatable bonds is 5. The molecule has 0 saturated carbocycles. The Kier molecular flexibility index (Phi) is 5.17. The van der Waals surface area contributed by atoms with Gasteiger partial charge in [0, 0.05) is 17.4 Å². The zero-order valence-electron chi connectivity index (χ0n) is 13.0. The Balaban J connectivity index is 1.81. The first kappa shape index (κ1) is 18.2. The minimum Gasteiger partial charge on any atom is -0.319 e. The van der Waals surface area contributed by atoms with Crippen molar-refractivity contribution in [2.24, 2.45) is 0 Å². The van der Waals surface area contributed by atoms with Gasteiger partial charge in [-0.15, -0.1) is 0 Å². The number of nitrogens with zero attached hydrogens (tertiary/aromatic N) is 1. The van der Waals surface area contributed by atoms with Crippen molar-refractivity contribution < 1.29 is 13.2 Å². The first-order chi connectivity index (χ1) is 12.3. The minimum atomic E-state index is -3.88. The smallest absolute Gasteiger partial charge is 0.261 e. The topological polar surface area (TPSA) is 104 Å². The quantitative estimate of drug-likeness (QED) is 0.595. The number of aromatic amines is 1. The van der Waals surface area contributed by atoms with Crippen LogP contribution in [0.5, 0.6) is 0 Å². The molecule has 3 aromatic rings. The van der Waals surface area contributed by atoms with E-state index in [1.165, 1.54) is 42.7 Å². The van der Waals surface area contributed by atoms with Crippen LogP contribution in [-0.4, -0.2) is 24.5 Å². The molecule has 0 fully saturated rings. The highest BCUT2D eigenvalue weighted by molar-refractivity contribution is 7.92. The zero-order valence-corrected chi connectivity index (χ0v) is 15.4. The van der Waals surface area contributed by atoms with Crippen LogP contribution in [0.1, 0.15) is 10.4 Å². The highest BCUT2D eigenvalue weighted by Gasteiger charge is 2.16. The summed E-state index contributed by atoms with van der Waals surface area (Å²) in [6.45, 7) is 0. The molecular formula is C16H12Cl2N4O3S. The summed E-state index contributed by atoms with van der Waals surface area (Å²) in [5.74, 6) is -0.401. The van der Waals surface area contributed by atoms with Crippen LogP contribution in [0.3, 0.4) is 0 Å². The second-order valence-corrected chi connectivity index (χ2v) is 7.70. The summed E-state index contributed by atoms with van der Waals surface area (Å²) in [5, 5.41) is 9.32. The number of hydrogen-bond acceptors (Lipinski definition) is 4. The van der Waals surface area contributed by atoms with Crippen molar-refractivity contribution in [1.29, 1.82) is 0 Å². The molecule has 0 saturated heterocycles. The zero-order chi connectivity index (χ0) is 18.7. The molecule has 3 N–H and O–H groups in total. The van der Waals surface area contributed by atoms with E-state index in [1.54, 1.807) is 12.1 Å². The third-order valence-electron chi connectivity index (χ3n) is 3.33. The molecular weight excluding hydrogens is 399 g/mol. The lowest BCUT2D eigenvalue weighted by Gasteiger charge is -2.10. The fourth-order valence-corrected chi connectivity index (χ4v) is 3.54. The average molecular weight is 411 g/mol. The Hall–Kier alpha value is -2.55. The third-order valence-corrected chi connectivity index (χ3v) is 5.45. The second kappa shape index (κ2) is 7.36. The molecule has 2 aromatic carbocycles. The van der Waals surface area contributed by atoms with Gasteiger partial charge in [0.05, 0.1) is 26.8 Å². The van der Waals surface area contributed by atoms with E-state index in [4.69, 9.17) is 23.2 Å². The summed E-state index contributed by atoms with van der Waals surface area (Å²) < 4.78 is 27.4. The number of nitrogens with one attached hydrogen (secondary N) is 3. The molecule has 0 radical (unpaired) electrons. The van der Waals surface area contributed by atoms with Crippen LogP contribution in [0.2, 0.25) is 10.0 Å². The predicted molar refractivity (Wildman–Crippen MR) is 100 cm³/mol. The number of sulfonamides is 1. The van der Waals surface area contributed by atoms with E-state index in [0.29, 0.717) is 5.69 Å². The van der Waals surface area contributed by atoms with E-state index in [1.807, 2.05) is 0 Å². The summed E-state index contributed by atoms with van der Waals surface area (Å²) in [6.07, 6.45) is 2.98. The lowest BCUT2D eigenvalue weighted by atomic mass is 10.2. The van der Waals surface area contributed by atoms with Gasteiger partial charge < -0.3 is 5.32 Å². The summed E-state index contributed by atoms with van der Waals surface area (Å²) in [5.41, 5.74) is 1.01. The molecule has 10 heteroatoms. The van der Waals surface area contributed by atoms with Gasteiger partial charge in [-0.05, 0) is 36.4 Å². The Morgan fingerprint density at radius 3 is 2.54 bits per heavy atom. The average Bonchev–Trinajstić information content (AvgIpc) is 3.10. The molecule has 1 aromatic heterocycles. The number of benzene rings is 2. The van der Waals surface area contributed by atoms with Gasteiger partial charge in [-0.2, -0.15) is 5.10 Å². The van der Waals surface area contributed by atoms with Crippen molar-refractivity contribution in [1.82, 2.24) is 10.2 Å². The van der Waals surface area contributed by atoms with E-state index in [9.17, 15) is 13.2 Å². The lowest BCUT2D eigenvalue weighted by molar-refractivity contribution is 0.102. The van der Waals surface area contributed by atoms with Crippen LogP contribution in [0, 0.1) is 0 Å². The van der Waals surface area contributed by atoms with Gasteiger partial charge in [0.25, 0.3) is 15.9 Å². The Morgan fingerprint density at radius 2 is 1.85 bits per heavy atom. The predicted octanol–water partition coefficient (Wildman–Crippen LogP) is 3.77. The Bertz CT molecular complexity index is 1050. The standard InChI is InChI=1S/C16H12Cl2N4O3S/c17-14-5-4-13(7-15(14)18)26(24,25)22-11-3-1-2-10(6-11)16(23)21-12-8-19-20-9-12/h1-9,22H,(H,19,20)(H,21,23). The number of halogens is 2. The van der Waals surface area contributed by atoms with Crippen LogP contribution in [-0.2, 0) is 10.0 Å². The van der Waals surface area contributed by atoms with Crippen LogP contribution in [0.4, 0.5) is 11.4 Å². The number of amides is 1. The van der Waals surface area contributed by atoms with Gasteiger partial charge in [0.15, 0.2) is 0 Å². The maximum atomic E-state index is 12.5. The number of anilines is 2. The molecule has 0 aliphatic rings. The van der Waals surface area contributed by atoms with Crippen LogP contribution in [0.15, 0.2) is 59.8 Å². The minimum absolute atomic E-state index is 0.0415. The maximum absolute atomic E-state index is 12.5. The first-order valence-corrected chi connectivity index (χ1v) is 9.47. The largest absolute Gasteiger partial charge is 0.319 e. The summed E-state index contributed by atoms with van der Waals surface area (Å²) >= 11 is 11.7. The van der Waals surface area contributed by atoms with Gasteiger partial charge in [0.2, 0.25) is 0 Å². The number of carbonyl (C=O) groups excluding carboxylic acids is 1. The normalized spacial score (nSPS) is 11.2. The van der Waals surface area contributed by atoms with Gasteiger partial charge >= 0.3 is 0 Å². The molecule has 0 unspecified atom stereocenters. The van der Waals surface area contributed by atoms with Gasteiger partial charge in [0.1, 0.15) is 0 Å². The molecule has 0 atom stereocenters. The van der Waals surface area contributed by atoms with Crippen molar-refractivity contribution in [2.45, 2.75) is 4.90 Å². The van der Waals surface area contributed by atoms with Crippen molar-refractivity contribution in [3.8, 4) is 0 Å². The molecule has 7 nitrogen and oxygen atoms in total. The number of H-pyrrole nitrogens is 1. The van der Waals surface area contributed by atoms with E-state index in [2.05, 4.69) is 20.2 Å². The molecule has 1 amide bonds. The SMILES string of the molecule is O=C(Nc1cn[nH]c1)c1cccc(NS(=O)(=O)c2ccc(Cl)c(Cl)c2)c1. The van der Waals surface area contributed by atoms with E-state index in [-0.39, 0.29) is 26.2 Å². The lowest BCUT2D eigenvalue weighted by Crippen LogP contribution is -2.15. The Labute approximate surface area is 159 Å². The van der Waals surface area contributed by atoms with Crippen molar-refractivity contribution in [2.75, 3.05) is 10.0 Å². The van der Waals surface area contributed by atoms with Gasteiger partial charge in [-0.25, -0.2) is 8.42 Å². The number of carbonyl (C=O) groups is 1. The molecule has 3 rings (SSSR count). The van der Waals surface area contributed by atoms with Crippen molar-refractivity contribution >= 4 is 50.5 Å². The molecule has 0 aliphatic carbocycles. The van der Waals surface area contributed by atoms with Crippen LogP contribution in [0.25, 0.3) is 0 Å². The van der Waals surface area contributed by atoms with E-state index in [0.717, 1.165) is 0 Å². The third kappa shape index (κ3) is 4.16. The molecule has 0 aliphatic heterocycles. The highest BCUT2D eigenvalue weighted by atomic mass is 35.5. The van der Waals surface area contributed by atoms with Crippen molar-refractivity contribution in [3.63, 3.8) is 0 Å². The fourth-order valence-electron chi connectivity index (χ4n) is 2.10. The van der Waals surface area contributed by atoms with Gasteiger partial charge in [-0.3, -0.25) is 14.6 Å². The van der Waals surface area contributed by atoms with Crippen LogP contribution < -0.4 is 10.0 Å². The van der Waals surface area contributed by atoms with E-state index >= 15 is 0 Å². The molecule has 0 bridgehead atoms. The number of hydrogen-bond donors (Lipinski definition) is 3. The molecule has 26 heavy (non-hydrogen) atoms. The fraction of sp³-hybridized carbons (Fsp3) is 0. The van der Waals surface area contributed by atoms with Crippen molar-refractivity contribution in [3.05, 3.63) is 70.5 Å². The summed E-state index contributed by atoms with van der Waals surface area (Å²) in [4.78, 5) is 12.2. The molecule has 0 spiro atoms. The summed E-state index contributed by atoms with van der Waals surface area (Å²) in [6, 6.07) is 10.1. The monoisotopic (exact) mass is 410 g/mol. The first-order valence-electron chi connectivity index (χ1n) is 7.23. The van der Waals surface area contributed by atoms with Gasteiger partial charge in [-0.1, -0.05) is 29.3 Å². The summed E-state index contributed by atoms with van der Waals surface area (Å²) in [7, 11) is -3.88. The van der Waals surface area contributed by atoms with Crippen LogP contribution >= 0.6 is 23.2 Å². The second-order valence-electron chi connectivity index (χ2n) is 5.20. The molecule has 1 heterocycles. The van der Waals surface area contributed by atoms with E-state index < -0.39 is 15.9 Å². The maximum Gasteiger partial charge on any atom is 0.261 e. The highest BCUT2D eigenvalue weighted by Crippen LogP contribution is 2.26.